The van der Waals surface area contributed by atoms with E-state index in [1.54, 1.807) is 0 Å². The molecule has 0 aromatic carbocycles. The summed E-state index contributed by atoms with van der Waals surface area (Å²) in [6.45, 7) is 3.72. The number of hydrazone groups is 1. The number of nitrogens with two attached hydrogens (primary N) is 3. The van der Waals surface area contributed by atoms with Crippen LogP contribution >= 0.6 is 0 Å². The zero-order valence-corrected chi connectivity index (χ0v) is 7.21. The molecular weight excluding hydrogens is 156 g/mol. The van der Waals surface area contributed by atoms with E-state index < -0.39 is 0 Å². The number of amidine groups is 1. The maximum Gasteiger partial charge on any atom is 0.133 e. The summed E-state index contributed by atoms with van der Waals surface area (Å²) in [7, 11) is 0. The monoisotopic (exact) mass is 174 g/mol. The van der Waals surface area contributed by atoms with E-state index in [-0.39, 0.29) is 0 Å². The highest BCUT2D eigenvalue weighted by Gasteiger charge is 1.89. The number of nitrogens with one attached hydrogen (secondary N) is 2. The maximum absolute atomic E-state index is 5.34. The molecule has 0 unspecified atom stereocenters. The summed E-state index contributed by atoms with van der Waals surface area (Å²) in [6.07, 6.45) is 0. The van der Waals surface area contributed by atoms with Crippen molar-refractivity contribution in [2.24, 2.45) is 22.4 Å². The lowest BCUT2D eigenvalue weighted by Crippen LogP contribution is -2.35. The zero-order valence-electron chi connectivity index (χ0n) is 7.21. The fourth-order valence-corrected chi connectivity index (χ4v) is 0.666. The molecule has 0 aromatic rings. The first kappa shape index (κ1) is 11.2. The van der Waals surface area contributed by atoms with Crippen LogP contribution in [-0.2, 0) is 0 Å². The molecule has 6 heteroatoms. The quantitative estimate of drug-likeness (QED) is 0.0951. The van der Waals surface area contributed by atoms with E-state index in [0.717, 1.165) is 19.6 Å². The van der Waals surface area contributed by atoms with E-state index >= 15 is 0 Å². The van der Waals surface area contributed by atoms with Gasteiger partial charge in [0.25, 0.3) is 0 Å². The molecule has 0 radical (unpaired) electrons. The van der Waals surface area contributed by atoms with Crippen LogP contribution in [0.1, 0.15) is 0 Å². The Kier molecular flexibility index (Phi) is 7.66. The fraction of sp³-hybridized carbons (Fsp3) is 0.833. The molecule has 0 rings (SSSR count). The van der Waals surface area contributed by atoms with Gasteiger partial charge in [-0.3, -0.25) is 0 Å². The zero-order chi connectivity index (χ0) is 9.23. The third-order valence-corrected chi connectivity index (χ3v) is 1.27. The first-order valence-corrected chi connectivity index (χ1v) is 3.95. The molecule has 0 atom stereocenters. The summed E-state index contributed by atoms with van der Waals surface area (Å²) in [5.41, 5.74) is 10.6. The van der Waals surface area contributed by atoms with Crippen LogP contribution in [0.3, 0.4) is 0 Å². The molecule has 12 heavy (non-hydrogen) atoms. The Balaban J connectivity index is 3.00. The molecule has 0 saturated heterocycles. The van der Waals surface area contributed by atoms with Crippen molar-refractivity contribution in [2.75, 3.05) is 32.7 Å². The average molecular weight is 174 g/mol. The summed E-state index contributed by atoms with van der Waals surface area (Å²) in [5, 5.41) is 9.50. The van der Waals surface area contributed by atoms with E-state index in [0.29, 0.717) is 18.9 Å². The highest BCUT2D eigenvalue weighted by Crippen LogP contribution is 1.61. The van der Waals surface area contributed by atoms with Gasteiger partial charge in [0.15, 0.2) is 0 Å². The van der Waals surface area contributed by atoms with Crippen molar-refractivity contribution >= 4 is 5.84 Å². The number of hydrogen-bond acceptors (Lipinski definition) is 5. The Hall–Kier alpha value is -0.850. The van der Waals surface area contributed by atoms with Crippen LogP contribution in [0, 0.1) is 0 Å². The highest BCUT2D eigenvalue weighted by molar-refractivity contribution is 5.81. The van der Waals surface area contributed by atoms with Crippen LogP contribution in [0.4, 0.5) is 0 Å². The first-order chi connectivity index (χ1) is 5.81. The lowest BCUT2D eigenvalue weighted by Gasteiger charge is -2.04. The summed E-state index contributed by atoms with van der Waals surface area (Å²) in [5.74, 6) is 5.34. The Bertz CT molecular complexity index is 123. The Morgan fingerprint density at radius 3 is 2.42 bits per heavy atom. The van der Waals surface area contributed by atoms with Crippen molar-refractivity contribution in [1.29, 1.82) is 0 Å². The fourth-order valence-electron chi connectivity index (χ4n) is 0.666. The van der Waals surface area contributed by atoms with Crippen LogP contribution in [0.2, 0.25) is 0 Å². The second-order valence-electron chi connectivity index (χ2n) is 2.34. The average Bonchev–Trinajstić information content (AvgIpc) is 2.10. The van der Waals surface area contributed by atoms with Gasteiger partial charge in [-0.2, -0.15) is 5.10 Å². The Labute approximate surface area is 72.5 Å². The van der Waals surface area contributed by atoms with Gasteiger partial charge in [0.1, 0.15) is 5.84 Å². The molecule has 0 aliphatic rings. The van der Waals surface area contributed by atoms with Crippen molar-refractivity contribution in [2.45, 2.75) is 0 Å². The van der Waals surface area contributed by atoms with Gasteiger partial charge in [0, 0.05) is 26.2 Å². The molecule has 8 N–H and O–H groups in total. The van der Waals surface area contributed by atoms with E-state index in [2.05, 4.69) is 15.7 Å². The van der Waals surface area contributed by atoms with E-state index in [1.807, 2.05) is 0 Å². The minimum atomic E-state index is 0.411. The summed E-state index contributed by atoms with van der Waals surface area (Å²) < 4.78 is 0. The predicted molar refractivity (Wildman–Crippen MR) is 50.6 cm³/mol. The SMILES string of the molecule is NCCNCCNCC(N)=NN. The summed E-state index contributed by atoms with van der Waals surface area (Å²) >= 11 is 0. The second kappa shape index (κ2) is 8.25. The molecular formula is C6H18N6. The summed E-state index contributed by atoms with van der Waals surface area (Å²) in [4.78, 5) is 0. The van der Waals surface area contributed by atoms with E-state index in [4.69, 9.17) is 17.3 Å². The minimum Gasteiger partial charge on any atom is -0.385 e. The van der Waals surface area contributed by atoms with Crippen molar-refractivity contribution in [3.8, 4) is 0 Å². The minimum absolute atomic E-state index is 0.411. The molecule has 0 heterocycles. The highest BCUT2D eigenvalue weighted by atomic mass is 15.2. The molecule has 0 amide bonds. The first-order valence-electron chi connectivity index (χ1n) is 3.95. The van der Waals surface area contributed by atoms with Crippen molar-refractivity contribution in [3.63, 3.8) is 0 Å². The molecule has 0 saturated carbocycles. The standard InChI is InChI=1S/C6H18N6/c7-1-2-10-3-4-11-5-6(8)12-9/h10-11H,1-5,7,9H2,(H2,8,12). The smallest absolute Gasteiger partial charge is 0.133 e. The van der Waals surface area contributed by atoms with Crippen LogP contribution in [0.15, 0.2) is 5.10 Å². The van der Waals surface area contributed by atoms with Gasteiger partial charge < -0.3 is 27.9 Å². The molecule has 72 valence electrons. The normalized spacial score (nSPS) is 11.9. The van der Waals surface area contributed by atoms with Gasteiger partial charge >= 0.3 is 0 Å². The van der Waals surface area contributed by atoms with Gasteiger partial charge in [-0.1, -0.05) is 0 Å². The van der Waals surface area contributed by atoms with Crippen LogP contribution in [-0.4, -0.2) is 38.6 Å². The van der Waals surface area contributed by atoms with Gasteiger partial charge in [-0.25, -0.2) is 0 Å². The number of nitrogens with zero attached hydrogens (tertiary/aromatic N) is 1. The van der Waals surface area contributed by atoms with Crippen LogP contribution in [0.5, 0.6) is 0 Å². The molecule has 0 aliphatic carbocycles. The lowest BCUT2D eigenvalue weighted by molar-refractivity contribution is 0.643. The van der Waals surface area contributed by atoms with Crippen molar-refractivity contribution in [3.05, 3.63) is 0 Å². The largest absolute Gasteiger partial charge is 0.385 e. The molecule has 6 nitrogen and oxygen atoms in total. The van der Waals surface area contributed by atoms with Gasteiger partial charge in [0.05, 0.1) is 6.54 Å². The van der Waals surface area contributed by atoms with Crippen molar-refractivity contribution < 1.29 is 0 Å². The molecule has 0 aromatic heterocycles. The maximum atomic E-state index is 5.34. The molecule has 0 spiro atoms. The lowest BCUT2D eigenvalue weighted by atomic mass is 10.5. The van der Waals surface area contributed by atoms with E-state index in [9.17, 15) is 0 Å². The van der Waals surface area contributed by atoms with E-state index in [1.165, 1.54) is 0 Å². The molecule has 0 fully saturated rings. The Morgan fingerprint density at radius 1 is 1.17 bits per heavy atom. The molecule has 0 bridgehead atoms. The second-order valence-corrected chi connectivity index (χ2v) is 2.34. The van der Waals surface area contributed by atoms with Gasteiger partial charge in [-0.05, 0) is 0 Å². The number of hydrogen-bond donors (Lipinski definition) is 5. The van der Waals surface area contributed by atoms with Crippen LogP contribution < -0.4 is 27.9 Å². The van der Waals surface area contributed by atoms with Crippen LogP contribution in [0.25, 0.3) is 0 Å². The predicted octanol–water partition coefficient (Wildman–Crippen LogP) is -2.64. The van der Waals surface area contributed by atoms with Gasteiger partial charge in [0.2, 0.25) is 0 Å². The molecule has 0 aliphatic heterocycles. The third-order valence-electron chi connectivity index (χ3n) is 1.27. The van der Waals surface area contributed by atoms with Crippen molar-refractivity contribution in [1.82, 2.24) is 10.6 Å². The third kappa shape index (κ3) is 7.26. The summed E-state index contributed by atoms with van der Waals surface area (Å²) in [6, 6.07) is 0. The van der Waals surface area contributed by atoms with Gasteiger partial charge in [-0.15, -0.1) is 0 Å². The Morgan fingerprint density at radius 2 is 1.83 bits per heavy atom. The number of rotatable bonds is 7. The topological polar surface area (TPSA) is 114 Å².